The van der Waals surface area contributed by atoms with Crippen LogP contribution in [0, 0.1) is 6.92 Å². The molecule has 1 aliphatic carbocycles. The highest BCUT2D eigenvalue weighted by atomic mass is 15.0. The van der Waals surface area contributed by atoms with Crippen LogP contribution >= 0.6 is 0 Å². The van der Waals surface area contributed by atoms with E-state index in [4.69, 9.17) is 0 Å². The highest BCUT2D eigenvalue weighted by molar-refractivity contribution is 6.21. The molecule has 0 spiro atoms. The Kier molecular flexibility index (Phi) is 7.21. The minimum atomic E-state index is 1.02. The Labute approximate surface area is 303 Å². The summed E-state index contributed by atoms with van der Waals surface area (Å²) in [6.07, 6.45) is 12.6. The Morgan fingerprint density at radius 3 is 1.73 bits per heavy atom. The molecule has 0 atom stereocenters. The zero-order valence-electron chi connectivity index (χ0n) is 29.1. The van der Waals surface area contributed by atoms with Crippen LogP contribution in [0.3, 0.4) is 0 Å². The Balaban J connectivity index is 1.04. The van der Waals surface area contributed by atoms with Gasteiger partial charge in [-0.15, -0.1) is 0 Å². The molecule has 2 heteroatoms. The molecule has 0 aliphatic heterocycles. The number of nitrogens with zero attached hydrogens (tertiary/aromatic N) is 2. The van der Waals surface area contributed by atoms with E-state index in [1.54, 1.807) is 0 Å². The number of aryl methyl sites for hydroxylation is 1. The predicted molar refractivity (Wildman–Crippen MR) is 221 cm³/mol. The van der Waals surface area contributed by atoms with Gasteiger partial charge in [-0.2, -0.15) is 0 Å². The van der Waals surface area contributed by atoms with Crippen molar-refractivity contribution < 1.29 is 0 Å². The van der Waals surface area contributed by atoms with Crippen molar-refractivity contribution in [3.63, 3.8) is 0 Å². The van der Waals surface area contributed by atoms with Crippen molar-refractivity contribution in [2.75, 3.05) is 0 Å². The van der Waals surface area contributed by atoms with Crippen molar-refractivity contribution in [2.24, 2.45) is 0 Å². The first kappa shape index (κ1) is 30.3. The lowest BCUT2D eigenvalue weighted by atomic mass is 9.85. The number of pyridine rings is 1. The van der Waals surface area contributed by atoms with Gasteiger partial charge in [0.1, 0.15) is 0 Å². The summed E-state index contributed by atoms with van der Waals surface area (Å²) in [5, 5.41) is 7.62. The van der Waals surface area contributed by atoms with Crippen molar-refractivity contribution in [1.82, 2.24) is 9.55 Å². The Morgan fingerprint density at radius 2 is 1.08 bits per heavy atom. The summed E-state index contributed by atoms with van der Waals surface area (Å²) in [6, 6.07) is 53.6. The summed E-state index contributed by atoms with van der Waals surface area (Å²) in [6.45, 7) is 2.23. The fourth-order valence-electron chi connectivity index (χ4n) is 8.47. The van der Waals surface area contributed by atoms with Gasteiger partial charge in [0.2, 0.25) is 0 Å². The average Bonchev–Trinajstić information content (AvgIpc) is 3.54. The number of benzene rings is 7. The molecule has 0 amide bonds. The summed E-state index contributed by atoms with van der Waals surface area (Å²) in [5.41, 5.74) is 15.0. The van der Waals surface area contributed by atoms with Gasteiger partial charge in [-0.1, -0.05) is 146 Å². The third-order valence-electron chi connectivity index (χ3n) is 10.9. The molecular weight excluding hydrogens is 629 g/mol. The van der Waals surface area contributed by atoms with E-state index in [2.05, 4.69) is 180 Å². The van der Waals surface area contributed by atoms with E-state index in [0.717, 1.165) is 12.8 Å². The smallest absolute Gasteiger partial charge is 0.0721 e. The van der Waals surface area contributed by atoms with Crippen LogP contribution in [-0.2, 0) is 0 Å². The summed E-state index contributed by atoms with van der Waals surface area (Å²) in [7, 11) is 0. The van der Waals surface area contributed by atoms with Crippen LogP contribution in [0.5, 0.6) is 0 Å². The number of hydrogen-bond donors (Lipinski definition) is 0. The number of hydrogen-bond acceptors (Lipinski definition) is 1. The molecule has 0 saturated carbocycles. The van der Waals surface area contributed by atoms with Crippen molar-refractivity contribution in [3.8, 4) is 44.5 Å². The zero-order chi connectivity index (χ0) is 34.6. The van der Waals surface area contributed by atoms with Crippen molar-refractivity contribution in [2.45, 2.75) is 19.8 Å². The summed E-state index contributed by atoms with van der Waals surface area (Å²) in [5.74, 6) is 0. The molecular formula is C50H36N2. The first-order chi connectivity index (χ1) is 25.7. The van der Waals surface area contributed by atoms with Gasteiger partial charge in [-0.05, 0) is 110 Å². The molecule has 246 valence electrons. The van der Waals surface area contributed by atoms with E-state index in [1.807, 2.05) is 12.4 Å². The second-order valence-electron chi connectivity index (χ2n) is 13.9. The highest BCUT2D eigenvalue weighted by Crippen LogP contribution is 2.44. The highest BCUT2D eigenvalue weighted by Gasteiger charge is 2.18. The van der Waals surface area contributed by atoms with E-state index in [9.17, 15) is 0 Å². The monoisotopic (exact) mass is 664 g/mol. The molecule has 1 aliphatic rings. The van der Waals surface area contributed by atoms with Gasteiger partial charge in [0.25, 0.3) is 0 Å². The van der Waals surface area contributed by atoms with Crippen LogP contribution in [0.25, 0.3) is 93.6 Å². The molecule has 0 N–H and O–H groups in total. The molecule has 52 heavy (non-hydrogen) atoms. The first-order valence-corrected chi connectivity index (χ1v) is 18.2. The van der Waals surface area contributed by atoms with Crippen molar-refractivity contribution in [1.29, 1.82) is 0 Å². The Morgan fingerprint density at radius 1 is 0.500 bits per heavy atom. The van der Waals surface area contributed by atoms with Crippen LogP contribution in [0.1, 0.15) is 18.4 Å². The van der Waals surface area contributed by atoms with E-state index in [1.165, 1.54) is 99.1 Å². The maximum absolute atomic E-state index is 4.49. The number of fused-ring (bicyclic) bond motifs is 5. The van der Waals surface area contributed by atoms with Crippen LogP contribution in [0.15, 0.2) is 176 Å². The summed E-state index contributed by atoms with van der Waals surface area (Å²) in [4.78, 5) is 4.49. The molecule has 0 saturated heterocycles. The SMILES string of the molecule is Cc1cc(-c2ccc3c4ccncc4n(C4=CC=CCC4)c3c2)ccc1-c1ccc(-c2c3ccccc3c(-c3ccccc3)c3ccccc23)cc1. The summed E-state index contributed by atoms with van der Waals surface area (Å²) < 4.78 is 2.41. The number of aromatic nitrogens is 2. The van der Waals surface area contributed by atoms with Crippen LogP contribution in [0.2, 0.25) is 0 Å². The van der Waals surface area contributed by atoms with Crippen LogP contribution < -0.4 is 0 Å². The fourth-order valence-corrected chi connectivity index (χ4v) is 8.47. The molecule has 9 aromatic rings. The fraction of sp³-hybridized carbons (Fsp3) is 0.0600. The summed E-state index contributed by atoms with van der Waals surface area (Å²) >= 11 is 0. The van der Waals surface area contributed by atoms with Gasteiger partial charge in [-0.25, -0.2) is 0 Å². The molecule has 2 heterocycles. The lowest BCUT2D eigenvalue weighted by Crippen LogP contribution is -1.99. The number of rotatable bonds is 5. The molecule has 10 rings (SSSR count). The van der Waals surface area contributed by atoms with E-state index in [0.29, 0.717) is 0 Å². The lowest BCUT2D eigenvalue weighted by molar-refractivity contribution is 0.978. The third kappa shape index (κ3) is 4.91. The zero-order valence-corrected chi connectivity index (χ0v) is 29.1. The molecule has 0 bridgehead atoms. The van der Waals surface area contributed by atoms with Gasteiger partial charge in [0, 0.05) is 22.7 Å². The molecule has 0 unspecified atom stereocenters. The van der Waals surface area contributed by atoms with Crippen LogP contribution in [-0.4, -0.2) is 9.55 Å². The molecule has 2 nitrogen and oxygen atoms in total. The Hall–Kier alpha value is -6.51. The van der Waals surface area contributed by atoms with Gasteiger partial charge in [-0.3, -0.25) is 4.98 Å². The van der Waals surface area contributed by atoms with E-state index in [-0.39, 0.29) is 0 Å². The lowest BCUT2D eigenvalue weighted by Gasteiger charge is -2.18. The van der Waals surface area contributed by atoms with Gasteiger partial charge >= 0.3 is 0 Å². The minimum absolute atomic E-state index is 1.02. The number of allylic oxidation sites excluding steroid dienone is 4. The van der Waals surface area contributed by atoms with Gasteiger partial charge < -0.3 is 4.57 Å². The topological polar surface area (TPSA) is 17.8 Å². The quantitative estimate of drug-likeness (QED) is 0.167. The minimum Gasteiger partial charge on any atom is -0.311 e. The molecule has 0 fully saturated rings. The average molecular weight is 665 g/mol. The predicted octanol–water partition coefficient (Wildman–Crippen LogP) is 13.7. The maximum atomic E-state index is 4.49. The second-order valence-corrected chi connectivity index (χ2v) is 13.9. The van der Waals surface area contributed by atoms with E-state index < -0.39 is 0 Å². The molecule has 0 radical (unpaired) electrons. The standard InChI is InChI=1S/C50H36N2/c1-33-30-37(38-25-27-41-42-28-29-51-32-48(42)52(47(41)31-38)39-14-6-3-7-15-39)24-26-40(33)34-20-22-36(23-21-34)50-45-18-10-8-16-43(45)49(35-12-4-2-5-13-35)44-17-9-11-19-46(44)50/h2-6,8-14,16-32H,7,15H2,1H3. The second kappa shape index (κ2) is 12.4. The maximum Gasteiger partial charge on any atom is 0.0721 e. The van der Waals surface area contributed by atoms with Crippen molar-refractivity contribution in [3.05, 3.63) is 182 Å². The van der Waals surface area contributed by atoms with Gasteiger partial charge in [0.05, 0.1) is 17.2 Å². The molecule has 2 aromatic heterocycles. The third-order valence-corrected chi connectivity index (χ3v) is 10.9. The Bertz CT molecular complexity index is 2830. The molecule has 7 aromatic carbocycles. The van der Waals surface area contributed by atoms with Crippen LogP contribution in [0.4, 0.5) is 0 Å². The first-order valence-electron chi connectivity index (χ1n) is 18.2. The van der Waals surface area contributed by atoms with E-state index >= 15 is 0 Å². The van der Waals surface area contributed by atoms with Crippen molar-refractivity contribution >= 4 is 49.0 Å². The normalized spacial score (nSPS) is 13.0. The van der Waals surface area contributed by atoms with Gasteiger partial charge in [0.15, 0.2) is 0 Å². The largest absolute Gasteiger partial charge is 0.311 e.